The fourth-order valence-electron chi connectivity index (χ4n) is 1.64. The van der Waals surface area contributed by atoms with Crippen LogP contribution in [-0.2, 0) is 14.2 Å². The van der Waals surface area contributed by atoms with Crippen LogP contribution in [0.4, 0.5) is 0 Å². The van der Waals surface area contributed by atoms with Gasteiger partial charge in [0, 0.05) is 19.8 Å². The first kappa shape index (κ1) is 18.9. The Balaban J connectivity index is 3.61. The normalized spacial score (nSPS) is 14.1. The van der Waals surface area contributed by atoms with Crippen molar-refractivity contribution in [3.8, 4) is 0 Å². The molecule has 0 aromatic carbocycles. The maximum atomic E-state index is 5.95. The van der Waals surface area contributed by atoms with E-state index in [1.165, 1.54) is 0 Å². The molecule has 0 amide bonds. The average molecular weight is 274 g/mol. The highest BCUT2D eigenvalue weighted by molar-refractivity contribution is 4.69. The lowest BCUT2D eigenvalue weighted by Crippen LogP contribution is -2.33. The smallest absolute Gasteiger partial charge is 0.0859 e. The molecule has 0 N–H and O–H groups in total. The van der Waals surface area contributed by atoms with Gasteiger partial charge in [0.15, 0.2) is 0 Å². The van der Waals surface area contributed by atoms with Gasteiger partial charge in [-0.15, -0.1) is 0 Å². The molecule has 0 fully saturated rings. The Morgan fingerprint density at radius 3 is 2.32 bits per heavy atom. The maximum Gasteiger partial charge on any atom is 0.0859 e. The van der Waals surface area contributed by atoms with Crippen molar-refractivity contribution in [1.29, 1.82) is 0 Å². The molecule has 0 rings (SSSR count). The zero-order valence-electron chi connectivity index (χ0n) is 13.8. The molecule has 0 bridgehead atoms. The number of hydrogen-bond donors (Lipinski definition) is 0. The Morgan fingerprint density at radius 2 is 1.74 bits per heavy atom. The molecule has 0 aliphatic heterocycles. The lowest BCUT2D eigenvalue weighted by atomic mass is 10.1. The molecule has 0 heterocycles. The lowest BCUT2D eigenvalue weighted by molar-refractivity contribution is -0.0968. The van der Waals surface area contributed by atoms with Crippen LogP contribution < -0.4 is 0 Å². The second-order valence-electron chi connectivity index (χ2n) is 6.29. The minimum Gasteiger partial charge on any atom is -0.381 e. The highest BCUT2D eigenvalue weighted by Gasteiger charge is 2.20. The van der Waals surface area contributed by atoms with E-state index >= 15 is 0 Å². The van der Waals surface area contributed by atoms with E-state index in [4.69, 9.17) is 14.2 Å². The third-order valence-corrected chi connectivity index (χ3v) is 2.86. The van der Waals surface area contributed by atoms with Crippen molar-refractivity contribution in [2.45, 2.75) is 72.5 Å². The van der Waals surface area contributed by atoms with E-state index in [-0.39, 0.29) is 11.7 Å². The van der Waals surface area contributed by atoms with Gasteiger partial charge in [0.25, 0.3) is 0 Å². The molecule has 0 aliphatic rings. The van der Waals surface area contributed by atoms with E-state index in [2.05, 4.69) is 41.5 Å². The van der Waals surface area contributed by atoms with Gasteiger partial charge in [-0.05, 0) is 52.9 Å². The van der Waals surface area contributed by atoms with Gasteiger partial charge >= 0.3 is 0 Å². The Morgan fingerprint density at radius 1 is 1.05 bits per heavy atom. The number of rotatable bonds is 12. The fraction of sp³-hybridized carbons (Fsp3) is 1.00. The van der Waals surface area contributed by atoms with Gasteiger partial charge in [0.1, 0.15) is 0 Å². The van der Waals surface area contributed by atoms with Crippen LogP contribution in [0.15, 0.2) is 0 Å². The molecule has 0 aromatic heterocycles. The molecule has 116 valence electrons. The molecule has 0 saturated carbocycles. The third-order valence-electron chi connectivity index (χ3n) is 2.86. The second-order valence-corrected chi connectivity index (χ2v) is 6.29. The van der Waals surface area contributed by atoms with Crippen molar-refractivity contribution in [3.05, 3.63) is 0 Å². The van der Waals surface area contributed by atoms with Crippen molar-refractivity contribution in [3.63, 3.8) is 0 Å². The van der Waals surface area contributed by atoms with Crippen LogP contribution in [-0.4, -0.2) is 38.1 Å². The van der Waals surface area contributed by atoms with Gasteiger partial charge in [0.2, 0.25) is 0 Å². The Hall–Kier alpha value is -0.120. The summed E-state index contributed by atoms with van der Waals surface area (Å²) in [5, 5.41) is 0. The zero-order chi connectivity index (χ0) is 14.7. The Labute approximate surface area is 120 Å². The molecule has 0 aromatic rings. The number of hydrogen-bond acceptors (Lipinski definition) is 3. The minimum atomic E-state index is -0.197. The van der Waals surface area contributed by atoms with E-state index in [1.54, 1.807) is 0 Å². The molecular weight excluding hydrogens is 240 g/mol. The fourth-order valence-corrected chi connectivity index (χ4v) is 1.64. The standard InChI is InChI=1S/C16H34O3/c1-7-10-17-11-8-9-15(4)12-19-16(5,6)13-18-14(2)3/h14-15H,7-13H2,1-6H3. The summed E-state index contributed by atoms with van der Waals surface area (Å²) < 4.78 is 17.1. The first-order valence-electron chi connectivity index (χ1n) is 7.70. The van der Waals surface area contributed by atoms with E-state index in [9.17, 15) is 0 Å². The molecule has 0 spiro atoms. The molecule has 19 heavy (non-hydrogen) atoms. The van der Waals surface area contributed by atoms with E-state index in [0.717, 1.165) is 39.1 Å². The number of ether oxygens (including phenoxy) is 3. The van der Waals surface area contributed by atoms with Crippen LogP contribution in [0.2, 0.25) is 0 Å². The van der Waals surface area contributed by atoms with E-state index in [1.807, 2.05) is 0 Å². The van der Waals surface area contributed by atoms with Gasteiger partial charge in [-0.1, -0.05) is 13.8 Å². The molecule has 0 radical (unpaired) electrons. The zero-order valence-corrected chi connectivity index (χ0v) is 13.8. The van der Waals surface area contributed by atoms with Crippen molar-refractivity contribution in [2.75, 3.05) is 26.4 Å². The van der Waals surface area contributed by atoms with Crippen molar-refractivity contribution in [2.24, 2.45) is 5.92 Å². The average Bonchev–Trinajstić information content (AvgIpc) is 2.34. The molecule has 0 aliphatic carbocycles. The van der Waals surface area contributed by atoms with Crippen LogP contribution in [0.5, 0.6) is 0 Å². The predicted octanol–water partition coefficient (Wildman–Crippen LogP) is 4.05. The minimum absolute atomic E-state index is 0.197. The molecule has 1 unspecified atom stereocenters. The summed E-state index contributed by atoms with van der Waals surface area (Å²) in [5.41, 5.74) is -0.197. The summed E-state index contributed by atoms with van der Waals surface area (Å²) in [5.74, 6) is 0.573. The van der Waals surface area contributed by atoms with Crippen LogP contribution >= 0.6 is 0 Å². The maximum absolute atomic E-state index is 5.95. The summed E-state index contributed by atoms with van der Waals surface area (Å²) >= 11 is 0. The molecule has 0 saturated heterocycles. The summed E-state index contributed by atoms with van der Waals surface area (Å²) in [7, 11) is 0. The lowest BCUT2D eigenvalue weighted by Gasteiger charge is -2.28. The van der Waals surface area contributed by atoms with Gasteiger partial charge in [-0.3, -0.25) is 0 Å². The molecule has 3 heteroatoms. The summed E-state index contributed by atoms with van der Waals surface area (Å²) in [6.45, 7) is 15.8. The van der Waals surface area contributed by atoms with Crippen molar-refractivity contribution >= 4 is 0 Å². The quantitative estimate of drug-likeness (QED) is 0.502. The van der Waals surface area contributed by atoms with Gasteiger partial charge in [-0.2, -0.15) is 0 Å². The largest absolute Gasteiger partial charge is 0.381 e. The first-order chi connectivity index (χ1) is 8.87. The monoisotopic (exact) mass is 274 g/mol. The van der Waals surface area contributed by atoms with Crippen LogP contribution in [0.1, 0.15) is 60.8 Å². The van der Waals surface area contributed by atoms with Crippen LogP contribution in [0.25, 0.3) is 0 Å². The molecule has 1 atom stereocenters. The van der Waals surface area contributed by atoms with Gasteiger partial charge in [0.05, 0.1) is 18.3 Å². The highest BCUT2D eigenvalue weighted by atomic mass is 16.5. The van der Waals surface area contributed by atoms with Crippen LogP contribution in [0.3, 0.4) is 0 Å². The van der Waals surface area contributed by atoms with E-state index < -0.39 is 0 Å². The Kier molecular flexibility index (Phi) is 10.6. The predicted molar refractivity (Wildman–Crippen MR) is 80.6 cm³/mol. The third kappa shape index (κ3) is 12.6. The van der Waals surface area contributed by atoms with Crippen LogP contribution in [0, 0.1) is 5.92 Å². The first-order valence-corrected chi connectivity index (χ1v) is 7.70. The SMILES string of the molecule is CCCOCCCC(C)COC(C)(C)COC(C)C. The topological polar surface area (TPSA) is 27.7 Å². The van der Waals surface area contributed by atoms with Crippen molar-refractivity contribution in [1.82, 2.24) is 0 Å². The Bertz CT molecular complexity index is 202. The summed E-state index contributed by atoms with van der Waals surface area (Å²) in [6, 6.07) is 0. The van der Waals surface area contributed by atoms with Gasteiger partial charge < -0.3 is 14.2 Å². The van der Waals surface area contributed by atoms with E-state index in [0.29, 0.717) is 12.5 Å². The molecular formula is C16H34O3. The second kappa shape index (κ2) is 10.6. The van der Waals surface area contributed by atoms with Gasteiger partial charge in [-0.25, -0.2) is 0 Å². The highest BCUT2D eigenvalue weighted by Crippen LogP contribution is 2.15. The summed E-state index contributed by atoms with van der Waals surface area (Å²) in [6.07, 6.45) is 3.64. The molecule has 3 nitrogen and oxygen atoms in total. The van der Waals surface area contributed by atoms with Crippen molar-refractivity contribution < 1.29 is 14.2 Å². The summed E-state index contributed by atoms with van der Waals surface area (Å²) in [4.78, 5) is 0.